The lowest BCUT2D eigenvalue weighted by atomic mass is 10.2. The zero-order valence-electron chi connectivity index (χ0n) is 17.8. The van der Waals surface area contributed by atoms with Crippen LogP contribution in [0.2, 0.25) is 0 Å². The molecule has 15 heteroatoms. The van der Waals surface area contributed by atoms with Gasteiger partial charge in [0.05, 0.1) is 16.8 Å². The molecule has 0 heterocycles. The zero-order valence-corrected chi connectivity index (χ0v) is 18.6. The Bertz CT molecular complexity index is 1140. The summed E-state index contributed by atoms with van der Waals surface area (Å²) < 4.78 is 85.6. The summed E-state index contributed by atoms with van der Waals surface area (Å²) in [7, 11) is -4.14. The molecule has 1 N–H and O–H groups in total. The maximum Gasteiger partial charge on any atom is 0.387 e. The van der Waals surface area contributed by atoms with Crippen molar-refractivity contribution < 1.29 is 40.4 Å². The summed E-state index contributed by atoms with van der Waals surface area (Å²) in [6.45, 7) is -3.07. The summed E-state index contributed by atoms with van der Waals surface area (Å²) >= 11 is 0. The van der Waals surface area contributed by atoms with E-state index < -0.39 is 50.3 Å². The number of anilines is 1. The smallest absolute Gasteiger partial charge is 0.387 e. The van der Waals surface area contributed by atoms with Crippen molar-refractivity contribution in [2.45, 2.75) is 32.0 Å². The molecule has 0 bridgehead atoms. The van der Waals surface area contributed by atoms with Crippen molar-refractivity contribution in [3.8, 4) is 11.5 Å². The second kappa shape index (κ2) is 11.6. The van der Waals surface area contributed by atoms with Crippen LogP contribution in [0, 0.1) is 10.1 Å². The molecule has 0 aliphatic carbocycles. The van der Waals surface area contributed by atoms with Gasteiger partial charge in [0.1, 0.15) is 16.4 Å². The Hall–Kier alpha value is -3.46. The highest BCUT2D eigenvalue weighted by Gasteiger charge is 2.27. The van der Waals surface area contributed by atoms with Crippen molar-refractivity contribution in [3.05, 3.63) is 52.1 Å². The minimum atomic E-state index is -4.14. The third-order valence-corrected chi connectivity index (χ3v) is 6.40. The van der Waals surface area contributed by atoms with E-state index in [0.29, 0.717) is 0 Å². The molecular formula is C19H20F4N4O6S. The first-order chi connectivity index (χ1) is 16.0. The molecule has 2 aromatic carbocycles. The van der Waals surface area contributed by atoms with Gasteiger partial charge in [0, 0.05) is 36.9 Å². The second-order valence-corrected chi connectivity index (χ2v) is 8.26. The van der Waals surface area contributed by atoms with Crippen LogP contribution in [-0.2, 0) is 10.0 Å². The fraction of sp³-hybridized carbons (Fsp3) is 0.316. The number of nitro benzene ring substituents is 1. The van der Waals surface area contributed by atoms with Crippen LogP contribution in [0.5, 0.6) is 11.5 Å². The highest BCUT2D eigenvalue weighted by molar-refractivity contribution is 7.89. The fourth-order valence-electron chi connectivity index (χ4n) is 2.80. The van der Waals surface area contributed by atoms with Crippen molar-refractivity contribution in [1.82, 2.24) is 4.31 Å². The molecule has 186 valence electrons. The molecule has 0 aliphatic rings. The lowest BCUT2D eigenvalue weighted by Crippen LogP contribution is -2.31. The van der Waals surface area contributed by atoms with Gasteiger partial charge in [-0.25, -0.2) is 8.42 Å². The van der Waals surface area contributed by atoms with Crippen LogP contribution < -0.4 is 14.9 Å². The van der Waals surface area contributed by atoms with Crippen molar-refractivity contribution in [2.24, 2.45) is 5.10 Å². The SMILES string of the molecule is CCN(CC)S(=O)(=O)c1cc([N+](=O)[O-])ccc1N/N=C\c1ccc(OC(F)F)cc1OC(F)F. The standard InChI is InChI=1S/C19H20F4N4O6S/c1-3-26(4-2)34(30,31)17-9-13(27(28)29)6-8-15(17)25-24-11-12-5-7-14(32-18(20)21)10-16(12)33-19(22)23/h5-11,18-19,25H,3-4H2,1-2H3/b24-11-. The van der Waals surface area contributed by atoms with E-state index in [1.165, 1.54) is 0 Å². The Balaban J connectivity index is 2.43. The lowest BCUT2D eigenvalue weighted by Gasteiger charge is -2.20. The minimum absolute atomic E-state index is 0.0792. The number of nitro groups is 1. The Morgan fingerprint density at radius 2 is 1.74 bits per heavy atom. The molecular weight excluding hydrogens is 488 g/mol. The van der Waals surface area contributed by atoms with Crippen molar-refractivity contribution in [3.63, 3.8) is 0 Å². The van der Waals surface area contributed by atoms with E-state index in [9.17, 15) is 36.1 Å². The largest absolute Gasteiger partial charge is 0.435 e. The average Bonchev–Trinajstić information content (AvgIpc) is 2.75. The van der Waals surface area contributed by atoms with Crippen LogP contribution in [0.1, 0.15) is 19.4 Å². The summed E-state index contributed by atoms with van der Waals surface area (Å²) in [6.07, 6.45) is 0.971. The van der Waals surface area contributed by atoms with Gasteiger partial charge in [0.2, 0.25) is 10.0 Å². The number of ether oxygens (including phenoxy) is 2. The first-order valence-corrected chi connectivity index (χ1v) is 11.0. The molecule has 0 atom stereocenters. The number of halogens is 4. The van der Waals surface area contributed by atoms with Crippen LogP contribution in [0.4, 0.5) is 28.9 Å². The van der Waals surface area contributed by atoms with Gasteiger partial charge in [0.15, 0.2) is 0 Å². The molecule has 10 nitrogen and oxygen atoms in total. The van der Waals surface area contributed by atoms with Crippen LogP contribution in [0.3, 0.4) is 0 Å². The van der Waals surface area contributed by atoms with Gasteiger partial charge in [-0.3, -0.25) is 15.5 Å². The van der Waals surface area contributed by atoms with Crippen LogP contribution in [0.15, 0.2) is 46.4 Å². The number of hydrogen-bond acceptors (Lipinski definition) is 8. The van der Waals surface area contributed by atoms with Gasteiger partial charge in [-0.2, -0.15) is 27.0 Å². The van der Waals surface area contributed by atoms with Crippen LogP contribution in [-0.4, -0.2) is 50.2 Å². The van der Waals surface area contributed by atoms with Gasteiger partial charge in [-0.1, -0.05) is 13.8 Å². The number of nitrogens with one attached hydrogen (secondary N) is 1. The number of alkyl halides is 4. The molecule has 0 unspecified atom stereocenters. The molecule has 34 heavy (non-hydrogen) atoms. The highest BCUT2D eigenvalue weighted by atomic mass is 32.2. The van der Waals surface area contributed by atoms with E-state index in [2.05, 4.69) is 20.0 Å². The van der Waals surface area contributed by atoms with Gasteiger partial charge >= 0.3 is 13.2 Å². The van der Waals surface area contributed by atoms with E-state index in [4.69, 9.17) is 0 Å². The fourth-order valence-corrected chi connectivity index (χ4v) is 4.42. The molecule has 0 aromatic heterocycles. The number of sulfonamides is 1. The van der Waals surface area contributed by atoms with Gasteiger partial charge < -0.3 is 9.47 Å². The average molecular weight is 508 g/mol. The maximum atomic E-state index is 13.0. The second-order valence-electron chi connectivity index (χ2n) is 6.35. The molecule has 0 amide bonds. The monoisotopic (exact) mass is 508 g/mol. The number of non-ortho nitro benzene ring substituents is 1. The van der Waals surface area contributed by atoms with Gasteiger partial charge in [0.25, 0.3) is 5.69 Å². The number of nitrogens with zero attached hydrogens (tertiary/aromatic N) is 3. The van der Waals surface area contributed by atoms with Gasteiger partial charge in [-0.15, -0.1) is 0 Å². The Kier molecular flexibility index (Phi) is 9.14. The van der Waals surface area contributed by atoms with Crippen molar-refractivity contribution in [2.75, 3.05) is 18.5 Å². The van der Waals surface area contributed by atoms with E-state index in [1.54, 1.807) is 13.8 Å². The topological polar surface area (TPSA) is 123 Å². The summed E-state index contributed by atoms with van der Waals surface area (Å²) in [4.78, 5) is 9.95. The number of hydrazone groups is 1. The number of benzene rings is 2. The molecule has 0 spiro atoms. The van der Waals surface area contributed by atoms with E-state index in [0.717, 1.165) is 46.9 Å². The predicted octanol–water partition coefficient (Wildman–Crippen LogP) is 4.27. The molecule has 0 saturated heterocycles. The predicted molar refractivity (Wildman–Crippen MR) is 114 cm³/mol. The van der Waals surface area contributed by atoms with Crippen molar-refractivity contribution >= 4 is 27.6 Å². The Morgan fingerprint density at radius 1 is 1.09 bits per heavy atom. The summed E-state index contributed by atoms with van der Waals surface area (Å²) in [5.41, 5.74) is 1.74. The summed E-state index contributed by atoms with van der Waals surface area (Å²) in [5, 5.41) is 14.9. The number of rotatable bonds is 12. The zero-order chi connectivity index (χ0) is 25.5. The molecule has 2 aromatic rings. The quantitative estimate of drug-likeness (QED) is 0.197. The molecule has 0 aliphatic heterocycles. The minimum Gasteiger partial charge on any atom is -0.435 e. The molecule has 0 fully saturated rings. The number of hydrogen-bond donors (Lipinski definition) is 1. The Labute approximate surface area is 192 Å². The molecule has 0 radical (unpaired) electrons. The van der Waals surface area contributed by atoms with Crippen molar-refractivity contribution in [1.29, 1.82) is 0 Å². The summed E-state index contributed by atoms with van der Waals surface area (Å²) in [6, 6.07) is 6.04. The highest BCUT2D eigenvalue weighted by Crippen LogP contribution is 2.30. The van der Waals surface area contributed by atoms with Crippen LogP contribution in [0.25, 0.3) is 0 Å². The lowest BCUT2D eigenvalue weighted by molar-refractivity contribution is -0.385. The van der Waals surface area contributed by atoms with Crippen LogP contribution >= 0.6 is 0 Å². The van der Waals surface area contributed by atoms with E-state index in [-0.39, 0.29) is 24.3 Å². The molecule has 0 saturated carbocycles. The molecule has 2 rings (SSSR count). The Morgan fingerprint density at radius 3 is 2.29 bits per heavy atom. The third-order valence-electron chi connectivity index (χ3n) is 4.31. The van der Waals surface area contributed by atoms with E-state index >= 15 is 0 Å². The first kappa shape index (κ1) is 26.8. The maximum absolute atomic E-state index is 13.0. The van der Waals surface area contributed by atoms with E-state index in [1.807, 2.05) is 0 Å². The third kappa shape index (κ3) is 6.77. The normalized spacial score (nSPS) is 12.0. The summed E-state index contributed by atoms with van der Waals surface area (Å²) in [5.74, 6) is -0.961. The first-order valence-electron chi connectivity index (χ1n) is 9.60. The van der Waals surface area contributed by atoms with Gasteiger partial charge in [-0.05, 0) is 18.2 Å².